The number of benzene rings is 4. The van der Waals surface area contributed by atoms with Crippen molar-refractivity contribution in [2.24, 2.45) is 5.73 Å². The Labute approximate surface area is 560 Å². The molecule has 0 unspecified atom stereocenters. The standard InChI is InChI=1S/C69H86FN11O12S2/c1-41-61(83)78-56(37-71)63(85)75-53-34-45-13-8-12-43(31-45)11-6-7-28-93-57-22-27-80(66(88)55(76-62(53)84)35-48-38-73-52-21-18-49(70)36-51(48)52)60(57)65(87)79-59(42(2)91-4)64(86)77-54(33-44-16-19-50(92-5)20-17-44)67(89)81-26-10-24-69(81,3)68(90)72-25-30-95-40-47-15-9-14-46(32-47)39-94-29-23-58(82)74-41/h6-9,12-21,31-32,36,38,41-42,53-57,59-60,73H,10-11,22-30,33-35,37,39-40,71H2,1-5H3,(H,72,90)(H,74,82)(H,75,85)(H,76,84)(H,77,86)(H,78,83)(H,79,87)/b7-6+/t41-,42+,53-,54-,55-,56+,57-,59-,60-,69-/m0/s1. The number of H-pyrrole nitrogens is 1. The summed E-state index contributed by atoms with van der Waals surface area (Å²) in [6.45, 7) is 4.81. The number of rotatable bonds is 8. The molecule has 10 atom stereocenters. The average Bonchev–Trinajstić information content (AvgIpc) is 1.64. The van der Waals surface area contributed by atoms with Gasteiger partial charge >= 0.3 is 0 Å². The molecule has 95 heavy (non-hydrogen) atoms. The lowest BCUT2D eigenvalue weighted by molar-refractivity contribution is -0.147. The molecule has 0 spiro atoms. The van der Waals surface area contributed by atoms with E-state index in [1.54, 1.807) is 86.0 Å². The summed E-state index contributed by atoms with van der Waals surface area (Å²) in [7, 11) is 2.88. The number of carbonyl (C=O) groups is 9. The Morgan fingerprint density at radius 3 is 2.16 bits per heavy atom. The van der Waals surface area contributed by atoms with Gasteiger partial charge in [-0.05, 0) is 110 Å². The fraction of sp³-hybridized carbons (Fsp3) is 0.464. The number of nitrogens with one attached hydrogen (secondary N) is 8. The molecule has 8 bridgehead atoms. The number of aromatic nitrogens is 1. The third-order valence-corrected chi connectivity index (χ3v) is 19.9. The molecule has 9 rings (SSSR count). The third-order valence-electron chi connectivity index (χ3n) is 17.9. The molecule has 2 fully saturated rings. The molecule has 5 aromatic rings. The van der Waals surface area contributed by atoms with Gasteiger partial charge < -0.3 is 71.9 Å². The first-order chi connectivity index (χ1) is 45.7. The molecule has 0 aliphatic carbocycles. The Hall–Kier alpha value is -8.30. The average molecular weight is 1340 g/mol. The van der Waals surface area contributed by atoms with Crippen LogP contribution in [0.1, 0.15) is 79.8 Å². The highest BCUT2D eigenvalue weighted by Crippen LogP contribution is 2.32. The van der Waals surface area contributed by atoms with Crippen molar-refractivity contribution in [2.45, 2.75) is 144 Å². The Morgan fingerprint density at radius 2 is 1.42 bits per heavy atom. The molecule has 4 aliphatic rings. The second-order valence-corrected chi connectivity index (χ2v) is 26.8. The third kappa shape index (κ3) is 18.4. The second kappa shape index (κ2) is 33.4. The number of ether oxygens (including phenoxy) is 3. The Balaban J connectivity index is 1.07. The Morgan fingerprint density at radius 1 is 0.726 bits per heavy atom. The van der Waals surface area contributed by atoms with Crippen LogP contribution in [0.3, 0.4) is 0 Å². The van der Waals surface area contributed by atoms with Gasteiger partial charge in [-0.15, -0.1) is 0 Å². The Bertz CT molecular complexity index is 3610. The minimum absolute atomic E-state index is 0.00337. The first-order valence-electron chi connectivity index (χ1n) is 32.2. The van der Waals surface area contributed by atoms with E-state index in [2.05, 4.69) is 48.3 Å². The molecule has 9 amide bonds. The lowest BCUT2D eigenvalue weighted by Gasteiger charge is -2.37. The predicted octanol–water partition coefficient (Wildman–Crippen LogP) is 3.43. The van der Waals surface area contributed by atoms with Crippen LogP contribution in [0.5, 0.6) is 5.75 Å². The normalized spacial score (nSPS) is 26.3. The van der Waals surface area contributed by atoms with E-state index in [1.807, 2.05) is 36.4 Å². The number of hydrogen-bond acceptors (Lipinski definition) is 15. The number of hydrogen-bond donors (Lipinski definition) is 9. The SMILES string of the molecule is COc1ccc(C[C@@H]2NC(=O)[C@H]([C@@H](C)OC)NC(=O)[C@@H]3[C@@H]4CCN3C(=O)[C@H](Cc3c[nH]c5ccc(F)cc35)NC(=O)[C@H](Cc3cccc(c3)C/C=C/CO4)NC(=O)[C@@H](CN)NC(=O)[C@H](C)NC(=O)CCSCc3cccc(c3)CSCCNC(=O)[C@]3(C)CCCN3C2=O)cc1. The summed E-state index contributed by atoms with van der Waals surface area (Å²) in [5.41, 5.74) is 10.1. The quantitative estimate of drug-likeness (QED) is 0.101. The van der Waals surface area contributed by atoms with Crippen molar-refractivity contribution in [2.75, 3.05) is 58.5 Å². The van der Waals surface area contributed by atoms with Crippen molar-refractivity contribution in [3.05, 3.63) is 149 Å². The number of aromatic amines is 1. The van der Waals surface area contributed by atoms with Gasteiger partial charge in [0, 0.05) is 99.1 Å². The maximum Gasteiger partial charge on any atom is 0.246 e. The van der Waals surface area contributed by atoms with E-state index in [-0.39, 0.29) is 63.6 Å². The summed E-state index contributed by atoms with van der Waals surface area (Å²) < 4.78 is 32.7. The van der Waals surface area contributed by atoms with Gasteiger partial charge in [-0.25, -0.2) is 4.39 Å². The molecule has 26 heteroatoms. The van der Waals surface area contributed by atoms with E-state index < -0.39 is 114 Å². The van der Waals surface area contributed by atoms with E-state index in [0.29, 0.717) is 82.2 Å². The molecule has 2 saturated heterocycles. The maximum absolute atomic E-state index is 15.7. The van der Waals surface area contributed by atoms with Crippen molar-refractivity contribution in [3.63, 3.8) is 0 Å². The number of halogens is 1. The molecule has 4 aliphatic heterocycles. The van der Waals surface area contributed by atoms with Crippen LogP contribution in [0.4, 0.5) is 4.39 Å². The number of thioether (sulfide) groups is 2. The minimum Gasteiger partial charge on any atom is -0.497 e. The lowest BCUT2D eigenvalue weighted by atomic mass is 9.95. The van der Waals surface area contributed by atoms with Gasteiger partial charge in [-0.1, -0.05) is 72.8 Å². The van der Waals surface area contributed by atoms with Gasteiger partial charge in [0.15, 0.2) is 0 Å². The fourth-order valence-electron chi connectivity index (χ4n) is 12.4. The maximum atomic E-state index is 15.7. The molecule has 4 aromatic carbocycles. The van der Waals surface area contributed by atoms with Crippen molar-refractivity contribution in [1.82, 2.24) is 52.0 Å². The van der Waals surface area contributed by atoms with E-state index in [9.17, 15) is 19.2 Å². The first-order valence-corrected chi connectivity index (χ1v) is 34.5. The number of allylic oxidation sites excluding steroid dienone is 1. The zero-order chi connectivity index (χ0) is 67.8. The number of amides is 9. The molecule has 10 N–H and O–H groups in total. The van der Waals surface area contributed by atoms with E-state index >= 15 is 28.4 Å². The van der Waals surface area contributed by atoms with Gasteiger partial charge in [0.1, 0.15) is 59.4 Å². The summed E-state index contributed by atoms with van der Waals surface area (Å²) in [5, 5.41) is 20.3. The number of methoxy groups -OCH3 is 2. The van der Waals surface area contributed by atoms with Crippen LogP contribution in [0, 0.1) is 5.82 Å². The molecule has 23 nitrogen and oxygen atoms in total. The lowest BCUT2D eigenvalue weighted by Crippen LogP contribution is -2.64. The molecule has 508 valence electrons. The van der Waals surface area contributed by atoms with Gasteiger partial charge in [-0.3, -0.25) is 43.2 Å². The zero-order valence-electron chi connectivity index (χ0n) is 54.2. The highest BCUT2D eigenvalue weighted by atomic mass is 32.2. The number of nitrogens with two attached hydrogens (primary N) is 1. The molecular formula is C69H86FN11O12S2. The Kier molecular flexibility index (Phi) is 25.0. The van der Waals surface area contributed by atoms with Gasteiger partial charge in [0.2, 0.25) is 53.2 Å². The fourth-order valence-corrected chi connectivity index (χ4v) is 14.1. The summed E-state index contributed by atoms with van der Waals surface area (Å²) in [6.07, 6.45) is 4.29. The molecule has 0 radical (unpaired) electrons. The molecular weight excluding hydrogens is 1260 g/mol. The van der Waals surface area contributed by atoms with Gasteiger partial charge in [0.25, 0.3) is 0 Å². The summed E-state index contributed by atoms with van der Waals surface area (Å²) >= 11 is 3.18. The van der Waals surface area contributed by atoms with Crippen LogP contribution >= 0.6 is 23.5 Å². The van der Waals surface area contributed by atoms with E-state index in [1.165, 1.54) is 49.1 Å². The topological polar surface area (TPSA) is 314 Å². The van der Waals surface area contributed by atoms with Crippen LogP contribution in [0.25, 0.3) is 10.9 Å². The van der Waals surface area contributed by atoms with Crippen LogP contribution in [-0.4, -0.2) is 186 Å². The predicted molar refractivity (Wildman–Crippen MR) is 360 cm³/mol. The van der Waals surface area contributed by atoms with Crippen molar-refractivity contribution >= 4 is 87.6 Å². The minimum atomic E-state index is -1.51. The summed E-state index contributed by atoms with van der Waals surface area (Å²) in [5.74, 6) is -3.76. The van der Waals surface area contributed by atoms with Crippen LogP contribution in [-0.2, 0) is 89.8 Å². The van der Waals surface area contributed by atoms with Crippen LogP contribution in [0.2, 0.25) is 0 Å². The number of carbonyl (C=O) groups excluding carboxylic acids is 9. The smallest absolute Gasteiger partial charge is 0.246 e. The first kappa shape index (κ1) is 71.0. The van der Waals surface area contributed by atoms with Gasteiger partial charge in [0.05, 0.1) is 25.9 Å². The summed E-state index contributed by atoms with van der Waals surface area (Å²) in [4.78, 5) is 138. The summed E-state index contributed by atoms with van der Waals surface area (Å²) in [6, 6.07) is 16.8. The van der Waals surface area contributed by atoms with E-state index in [4.69, 9.17) is 19.9 Å². The second-order valence-electron chi connectivity index (χ2n) is 24.6. The highest BCUT2D eigenvalue weighted by Gasteiger charge is 2.49. The number of fused-ring (bicyclic) bond motifs is 10. The number of nitrogens with zero attached hydrogens (tertiary/aromatic N) is 2. The zero-order valence-corrected chi connectivity index (χ0v) is 55.8. The molecule has 1 aromatic heterocycles. The monoisotopic (exact) mass is 1340 g/mol. The van der Waals surface area contributed by atoms with Crippen molar-refractivity contribution in [1.29, 1.82) is 0 Å². The highest BCUT2D eigenvalue weighted by molar-refractivity contribution is 7.98. The van der Waals surface area contributed by atoms with Crippen LogP contribution in [0.15, 0.2) is 109 Å². The molecule has 5 heterocycles. The van der Waals surface area contributed by atoms with Crippen molar-refractivity contribution < 1.29 is 61.8 Å². The van der Waals surface area contributed by atoms with Crippen LogP contribution < -0.4 is 47.7 Å². The largest absolute Gasteiger partial charge is 0.497 e. The van der Waals surface area contributed by atoms with Crippen molar-refractivity contribution in [3.8, 4) is 5.75 Å². The molecule has 0 saturated carbocycles. The van der Waals surface area contributed by atoms with Gasteiger partial charge in [-0.2, -0.15) is 23.5 Å². The van der Waals surface area contributed by atoms with E-state index in [0.717, 1.165) is 16.7 Å².